The van der Waals surface area contributed by atoms with Crippen molar-refractivity contribution in [3.05, 3.63) is 40.7 Å². The van der Waals surface area contributed by atoms with E-state index in [2.05, 4.69) is 18.7 Å². The molecule has 0 aromatic heterocycles. The van der Waals surface area contributed by atoms with Crippen molar-refractivity contribution in [2.75, 3.05) is 6.61 Å². The Morgan fingerprint density at radius 3 is 2.59 bits per heavy atom. The molecule has 0 N–H and O–H groups in total. The van der Waals surface area contributed by atoms with E-state index in [-0.39, 0.29) is 11.4 Å². The van der Waals surface area contributed by atoms with Crippen molar-refractivity contribution >= 4 is 11.7 Å². The van der Waals surface area contributed by atoms with Crippen molar-refractivity contribution in [3.8, 4) is 0 Å². The van der Waals surface area contributed by atoms with Crippen molar-refractivity contribution < 1.29 is 9.53 Å². The maximum absolute atomic E-state index is 12.1. The molecule has 1 aromatic carbocycles. The maximum Gasteiger partial charge on any atom is 0.338 e. The molecule has 0 heterocycles. The first-order chi connectivity index (χ1) is 10.3. The normalized spacial score (nSPS) is 12.5. The van der Waals surface area contributed by atoms with E-state index in [1.165, 1.54) is 0 Å². The van der Waals surface area contributed by atoms with E-state index < -0.39 is 0 Å². The third-order valence-corrected chi connectivity index (χ3v) is 3.93. The van der Waals surface area contributed by atoms with Crippen LogP contribution in [0.4, 0.5) is 5.69 Å². The summed E-state index contributed by atoms with van der Waals surface area (Å²) in [6.07, 6.45) is 3.13. The van der Waals surface area contributed by atoms with Gasteiger partial charge >= 0.3 is 5.97 Å². The topological polar surface area (TPSA) is 30.7 Å². The van der Waals surface area contributed by atoms with E-state index in [1.54, 1.807) is 18.2 Å². The zero-order chi connectivity index (χ0) is 16.8. The average molecular weight is 301 g/mol. The van der Waals surface area contributed by atoms with Crippen molar-refractivity contribution in [3.63, 3.8) is 0 Å². The molecule has 0 aliphatic rings. The van der Waals surface area contributed by atoms with Crippen LogP contribution in [0.15, 0.2) is 18.2 Å². The lowest BCUT2D eigenvalue weighted by Crippen LogP contribution is -2.14. The Morgan fingerprint density at radius 2 is 2.05 bits per heavy atom. The van der Waals surface area contributed by atoms with E-state index in [9.17, 15) is 4.79 Å². The molecule has 0 saturated heterocycles. The van der Waals surface area contributed by atoms with Gasteiger partial charge in [-0.3, -0.25) is 0 Å². The molecular weight excluding hydrogens is 274 g/mol. The molecule has 1 rings (SSSR count). The molecule has 0 saturated carbocycles. The minimum Gasteiger partial charge on any atom is -0.462 e. The van der Waals surface area contributed by atoms with Crippen LogP contribution < -0.4 is 0 Å². The van der Waals surface area contributed by atoms with Gasteiger partial charge in [-0.1, -0.05) is 59.2 Å². The molecule has 0 radical (unpaired) electrons. The molecule has 120 valence electrons. The molecule has 0 aliphatic heterocycles. The number of ether oxygens (including phenoxy) is 1. The standard InChI is InChI=1S/C19H27NO2/c1-7-14(2)9-8-12-22-18(21)15-10-11-17(20-6)16(13-15)19(3,4)5/h10-11,13-14H,7-9,12H2,1-5H3/t14-/m0/s1. The molecule has 22 heavy (non-hydrogen) atoms. The predicted octanol–water partition coefficient (Wildman–Crippen LogP) is 5.52. The summed E-state index contributed by atoms with van der Waals surface area (Å²) in [7, 11) is 0. The minimum absolute atomic E-state index is 0.174. The van der Waals surface area contributed by atoms with E-state index in [4.69, 9.17) is 11.3 Å². The summed E-state index contributed by atoms with van der Waals surface area (Å²) in [5, 5.41) is 0. The van der Waals surface area contributed by atoms with Gasteiger partial charge in [-0.15, -0.1) is 0 Å². The number of benzene rings is 1. The highest BCUT2D eigenvalue weighted by molar-refractivity contribution is 5.90. The molecule has 0 unspecified atom stereocenters. The smallest absolute Gasteiger partial charge is 0.338 e. The quantitative estimate of drug-likeness (QED) is 0.393. The second kappa shape index (κ2) is 7.98. The van der Waals surface area contributed by atoms with Gasteiger partial charge in [-0.05, 0) is 29.7 Å². The number of carbonyl (C=O) groups is 1. The summed E-state index contributed by atoms with van der Waals surface area (Å²) < 4.78 is 5.35. The van der Waals surface area contributed by atoms with Crippen molar-refractivity contribution in [1.29, 1.82) is 0 Å². The molecule has 0 bridgehead atoms. The fourth-order valence-corrected chi connectivity index (χ4v) is 2.25. The minimum atomic E-state index is -0.300. The predicted molar refractivity (Wildman–Crippen MR) is 90.4 cm³/mol. The molecule has 0 aliphatic carbocycles. The van der Waals surface area contributed by atoms with Gasteiger partial charge < -0.3 is 4.74 Å². The Kier molecular flexibility index (Phi) is 6.61. The van der Waals surface area contributed by atoms with E-state index in [1.807, 2.05) is 20.8 Å². The van der Waals surface area contributed by atoms with E-state index in [0.29, 0.717) is 23.8 Å². The molecule has 0 spiro atoms. The number of esters is 1. The van der Waals surface area contributed by atoms with Gasteiger partial charge in [0, 0.05) is 0 Å². The number of hydrogen-bond donors (Lipinski definition) is 0. The monoisotopic (exact) mass is 301 g/mol. The van der Waals surface area contributed by atoms with Gasteiger partial charge in [0.05, 0.1) is 18.7 Å². The molecule has 0 amide bonds. The maximum atomic E-state index is 12.1. The highest BCUT2D eigenvalue weighted by Gasteiger charge is 2.20. The first-order valence-corrected chi connectivity index (χ1v) is 7.98. The molecule has 3 heteroatoms. The zero-order valence-corrected chi connectivity index (χ0v) is 14.4. The number of carbonyl (C=O) groups excluding carboxylic acids is 1. The van der Waals surface area contributed by atoms with Crippen LogP contribution in [0, 0.1) is 12.5 Å². The van der Waals surface area contributed by atoms with Crippen LogP contribution in [-0.2, 0) is 10.2 Å². The summed E-state index contributed by atoms with van der Waals surface area (Å²) in [5.41, 5.74) is 1.84. The third-order valence-electron chi connectivity index (χ3n) is 3.93. The summed E-state index contributed by atoms with van der Waals surface area (Å²) in [6.45, 7) is 18.2. The number of nitrogens with zero attached hydrogens (tertiary/aromatic N) is 1. The van der Waals surface area contributed by atoms with Crippen LogP contribution in [0.1, 0.15) is 69.8 Å². The molecule has 3 nitrogen and oxygen atoms in total. The SMILES string of the molecule is [C-]#[N+]c1ccc(C(=O)OCCC[C@@H](C)CC)cc1C(C)(C)C. The van der Waals surface area contributed by atoms with Crippen LogP contribution >= 0.6 is 0 Å². The van der Waals surface area contributed by atoms with E-state index in [0.717, 1.165) is 24.8 Å². The first kappa shape index (κ1) is 18.2. The average Bonchev–Trinajstić information content (AvgIpc) is 2.49. The van der Waals surface area contributed by atoms with Crippen LogP contribution in [0.5, 0.6) is 0 Å². The Morgan fingerprint density at radius 1 is 1.36 bits per heavy atom. The zero-order valence-electron chi connectivity index (χ0n) is 14.4. The van der Waals surface area contributed by atoms with Gasteiger partial charge in [0.1, 0.15) is 0 Å². The Balaban J connectivity index is 2.73. The summed E-state index contributed by atoms with van der Waals surface area (Å²) in [5.74, 6) is 0.371. The highest BCUT2D eigenvalue weighted by atomic mass is 16.5. The molecule has 0 fully saturated rings. The third kappa shape index (κ3) is 5.18. The van der Waals surface area contributed by atoms with Crippen LogP contribution in [-0.4, -0.2) is 12.6 Å². The second-order valence-electron chi connectivity index (χ2n) is 6.89. The molecular formula is C19H27NO2. The summed E-state index contributed by atoms with van der Waals surface area (Å²) in [4.78, 5) is 15.7. The Labute approximate surface area is 134 Å². The summed E-state index contributed by atoms with van der Waals surface area (Å²) in [6, 6.07) is 5.19. The van der Waals surface area contributed by atoms with Gasteiger partial charge in [-0.2, -0.15) is 0 Å². The fourth-order valence-electron chi connectivity index (χ4n) is 2.25. The number of hydrogen-bond acceptors (Lipinski definition) is 2. The van der Waals surface area contributed by atoms with Gasteiger partial charge in [0.25, 0.3) is 0 Å². The van der Waals surface area contributed by atoms with Crippen LogP contribution in [0.2, 0.25) is 0 Å². The lowest BCUT2D eigenvalue weighted by molar-refractivity contribution is 0.0494. The lowest BCUT2D eigenvalue weighted by atomic mass is 9.85. The number of rotatable bonds is 6. The van der Waals surface area contributed by atoms with E-state index >= 15 is 0 Å². The van der Waals surface area contributed by atoms with Crippen molar-refractivity contribution in [2.24, 2.45) is 5.92 Å². The Bertz CT molecular complexity index is 550. The highest BCUT2D eigenvalue weighted by Crippen LogP contribution is 2.32. The lowest BCUT2D eigenvalue weighted by Gasteiger charge is -2.21. The fraction of sp³-hybridized carbons (Fsp3) is 0.579. The molecule has 1 atom stereocenters. The second-order valence-corrected chi connectivity index (χ2v) is 6.89. The van der Waals surface area contributed by atoms with Gasteiger partial charge in [0.2, 0.25) is 0 Å². The van der Waals surface area contributed by atoms with Crippen LogP contribution in [0.25, 0.3) is 4.85 Å². The van der Waals surface area contributed by atoms with Crippen molar-refractivity contribution in [2.45, 2.75) is 59.3 Å². The van der Waals surface area contributed by atoms with Crippen molar-refractivity contribution in [1.82, 2.24) is 0 Å². The Hall–Kier alpha value is -1.82. The first-order valence-electron chi connectivity index (χ1n) is 7.98. The molecule has 1 aromatic rings. The van der Waals surface area contributed by atoms with Crippen LogP contribution in [0.3, 0.4) is 0 Å². The van der Waals surface area contributed by atoms with Gasteiger partial charge in [0.15, 0.2) is 5.69 Å². The summed E-state index contributed by atoms with van der Waals surface area (Å²) >= 11 is 0. The largest absolute Gasteiger partial charge is 0.462 e. The van der Waals surface area contributed by atoms with Gasteiger partial charge in [-0.25, -0.2) is 9.64 Å².